The second-order valence-corrected chi connectivity index (χ2v) is 4.96. The Bertz CT molecular complexity index is 586. The molecule has 0 spiro atoms. The van der Waals surface area contributed by atoms with Crippen LogP contribution in [0.5, 0.6) is 5.06 Å². The number of fused-ring (bicyclic) bond motifs is 3. The third-order valence-electron chi connectivity index (χ3n) is 2.90. The molecular weight excluding hydrogens is 236 g/mol. The van der Waals surface area contributed by atoms with Crippen LogP contribution < -0.4 is 4.74 Å². The first-order valence-corrected chi connectivity index (χ1v) is 6.17. The van der Waals surface area contributed by atoms with Gasteiger partial charge < -0.3 is 9.84 Å². The Kier molecular flexibility index (Phi) is 2.37. The van der Waals surface area contributed by atoms with Gasteiger partial charge in [0.25, 0.3) is 0 Å². The summed E-state index contributed by atoms with van der Waals surface area (Å²) in [5.41, 5.74) is 3.72. The Balaban J connectivity index is 2.07. The molecule has 0 bridgehead atoms. The average molecular weight is 246 g/mol. The number of thiophene rings is 1. The number of hydrogen-bond donors (Lipinski definition) is 1. The van der Waals surface area contributed by atoms with Gasteiger partial charge in [-0.25, -0.2) is 4.79 Å². The van der Waals surface area contributed by atoms with Crippen LogP contribution in [0.4, 0.5) is 4.79 Å². The van der Waals surface area contributed by atoms with Crippen LogP contribution in [-0.4, -0.2) is 11.3 Å². The van der Waals surface area contributed by atoms with Crippen molar-refractivity contribution in [3.8, 4) is 15.5 Å². The summed E-state index contributed by atoms with van der Waals surface area (Å²) >= 11 is 1.40. The summed E-state index contributed by atoms with van der Waals surface area (Å²) in [6.45, 7) is 0. The maximum Gasteiger partial charge on any atom is 0.512 e. The number of ether oxygens (including phenoxy) is 1. The average Bonchev–Trinajstić information content (AvgIpc) is 2.70. The lowest BCUT2D eigenvalue weighted by molar-refractivity contribution is 0.146. The minimum absolute atomic E-state index is 0.458. The van der Waals surface area contributed by atoms with Crippen molar-refractivity contribution in [3.05, 3.63) is 41.5 Å². The molecule has 86 valence electrons. The first kappa shape index (κ1) is 10.4. The zero-order valence-corrected chi connectivity index (χ0v) is 9.79. The molecule has 0 radical (unpaired) electrons. The lowest BCUT2D eigenvalue weighted by Gasteiger charge is -2.14. The van der Waals surface area contributed by atoms with E-state index in [1.165, 1.54) is 28.0 Å². The SMILES string of the molecule is O=C(O)Oc1cc2c(s1)-c1ccccc1CC2. The van der Waals surface area contributed by atoms with Crippen LogP contribution in [0.25, 0.3) is 10.4 Å². The molecule has 0 atom stereocenters. The Hall–Kier alpha value is -1.81. The van der Waals surface area contributed by atoms with Gasteiger partial charge in [-0.05, 0) is 35.6 Å². The lowest BCUT2D eigenvalue weighted by atomic mass is 9.92. The van der Waals surface area contributed by atoms with Crippen LogP contribution in [0.15, 0.2) is 30.3 Å². The van der Waals surface area contributed by atoms with Gasteiger partial charge in [0.2, 0.25) is 0 Å². The molecule has 1 aliphatic rings. The van der Waals surface area contributed by atoms with E-state index in [0.717, 1.165) is 17.7 Å². The third-order valence-corrected chi connectivity index (χ3v) is 3.99. The van der Waals surface area contributed by atoms with Crippen molar-refractivity contribution >= 4 is 17.5 Å². The number of aryl methyl sites for hydroxylation is 2. The summed E-state index contributed by atoms with van der Waals surface area (Å²) in [7, 11) is 0. The smallest absolute Gasteiger partial charge is 0.449 e. The van der Waals surface area contributed by atoms with Gasteiger partial charge in [0, 0.05) is 4.88 Å². The second-order valence-electron chi connectivity index (χ2n) is 3.94. The highest BCUT2D eigenvalue weighted by atomic mass is 32.1. The molecule has 1 aromatic carbocycles. The molecule has 2 aromatic rings. The van der Waals surface area contributed by atoms with Gasteiger partial charge in [0.05, 0.1) is 0 Å². The standard InChI is InChI=1S/C13H10O3S/c14-13(15)16-11-7-9-6-5-8-3-1-2-4-10(8)12(9)17-11/h1-4,7H,5-6H2,(H,14,15). The number of rotatable bonds is 1. The van der Waals surface area contributed by atoms with Gasteiger partial charge in [0.15, 0.2) is 5.06 Å². The summed E-state index contributed by atoms with van der Waals surface area (Å²) in [5.74, 6) is 0. The molecule has 1 aromatic heterocycles. The summed E-state index contributed by atoms with van der Waals surface area (Å²) in [5, 5.41) is 9.07. The summed E-state index contributed by atoms with van der Waals surface area (Å²) < 4.78 is 4.72. The predicted molar refractivity (Wildman–Crippen MR) is 65.8 cm³/mol. The molecule has 0 fully saturated rings. The molecule has 3 nitrogen and oxygen atoms in total. The highest BCUT2D eigenvalue weighted by molar-refractivity contribution is 7.17. The zero-order chi connectivity index (χ0) is 11.8. The van der Waals surface area contributed by atoms with Crippen molar-refractivity contribution in [2.24, 2.45) is 0 Å². The van der Waals surface area contributed by atoms with Crippen LogP contribution in [0.1, 0.15) is 11.1 Å². The predicted octanol–water partition coefficient (Wildman–Crippen LogP) is 3.57. The van der Waals surface area contributed by atoms with E-state index in [0.29, 0.717) is 5.06 Å². The maximum atomic E-state index is 10.5. The lowest BCUT2D eigenvalue weighted by Crippen LogP contribution is -2.01. The minimum atomic E-state index is -1.25. The molecule has 1 N–H and O–H groups in total. The van der Waals surface area contributed by atoms with E-state index in [2.05, 4.69) is 12.1 Å². The molecule has 1 heterocycles. The van der Waals surface area contributed by atoms with E-state index in [1.807, 2.05) is 18.2 Å². The second kappa shape index (κ2) is 3.89. The highest BCUT2D eigenvalue weighted by Gasteiger charge is 2.20. The van der Waals surface area contributed by atoms with Gasteiger partial charge in [-0.15, -0.1) is 0 Å². The summed E-state index contributed by atoms with van der Waals surface area (Å²) in [6.07, 6.45) is 0.704. The van der Waals surface area contributed by atoms with Gasteiger partial charge in [-0.2, -0.15) is 0 Å². The van der Waals surface area contributed by atoms with Crippen molar-refractivity contribution in [3.63, 3.8) is 0 Å². The van der Waals surface area contributed by atoms with Crippen LogP contribution >= 0.6 is 11.3 Å². The minimum Gasteiger partial charge on any atom is -0.449 e. The molecule has 17 heavy (non-hydrogen) atoms. The van der Waals surface area contributed by atoms with Crippen LogP contribution in [0.3, 0.4) is 0 Å². The molecule has 1 aliphatic carbocycles. The molecular formula is C13H10O3S. The Morgan fingerprint density at radius 1 is 1.24 bits per heavy atom. The molecule has 0 saturated heterocycles. The number of carbonyl (C=O) groups is 1. The van der Waals surface area contributed by atoms with Crippen LogP contribution in [-0.2, 0) is 12.8 Å². The van der Waals surface area contributed by atoms with Gasteiger partial charge in [0.1, 0.15) is 0 Å². The largest absolute Gasteiger partial charge is 0.512 e. The Morgan fingerprint density at radius 3 is 2.82 bits per heavy atom. The normalized spacial score (nSPS) is 12.7. The molecule has 0 amide bonds. The molecule has 0 unspecified atom stereocenters. The van der Waals surface area contributed by atoms with E-state index in [-0.39, 0.29) is 0 Å². The number of benzene rings is 1. The maximum absolute atomic E-state index is 10.5. The molecule has 4 heteroatoms. The van der Waals surface area contributed by atoms with Crippen molar-refractivity contribution < 1.29 is 14.6 Å². The van der Waals surface area contributed by atoms with Gasteiger partial charge in [-0.3, -0.25) is 0 Å². The number of hydrogen-bond acceptors (Lipinski definition) is 3. The molecule has 0 saturated carbocycles. The van der Waals surface area contributed by atoms with E-state index in [9.17, 15) is 4.79 Å². The molecule has 0 aliphatic heterocycles. The fourth-order valence-electron chi connectivity index (χ4n) is 2.18. The summed E-state index contributed by atoms with van der Waals surface area (Å²) in [6, 6.07) is 10.1. The van der Waals surface area contributed by atoms with Crippen molar-refractivity contribution in [2.75, 3.05) is 0 Å². The third kappa shape index (κ3) is 1.80. The van der Waals surface area contributed by atoms with Crippen molar-refractivity contribution in [1.29, 1.82) is 0 Å². The Morgan fingerprint density at radius 2 is 2.00 bits per heavy atom. The molecule has 3 rings (SSSR count). The van der Waals surface area contributed by atoms with Crippen molar-refractivity contribution in [1.82, 2.24) is 0 Å². The first-order valence-electron chi connectivity index (χ1n) is 5.36. The van der Waals surface area contributed by atoms with E-state index < -0.39 is 6.16 Å². The van der Waals surface area contributed by atoms with E-state index in [1.54, 1.807) is 0 Å². The van der Waals surface area contributed by atoms with Crippen LogP contribution in [0.2, 0.25) is 0 Å². The summed E-state index contributed by atoms with van der Waals surface area (Å²) in [4.78, 5) is 11.7. The van der Waals surface area contributed by atoms with Crippen LogP contribution in [0, 0.1) is 0 Å². The zero-order valence-electron chi connectivity index (χ0n) is 8.97. The van der Waals surface area contributed by atoms with E-state index >= 15 is 0 Å². The van der Waals surface area contributed by atoms with E-state index in [4.69, 9.17) is 9.84 Å². The Labute approximate surface area is 102 Å². The van der Waals surface area contributed by atoms with Gasteiger partial charge in [-0.1, -0.05) is 35.6 Å². The highest BCUT2D eigenvalue weighted by Crippen LogP contribution is 2.42. The first-order chi connectivity index (χ1) is 8.24. The fraction of sp³-hybridized carbons (Fsp3) is 0.154. The van der Waals surface area contributed by atoms with Crippen molar-refractivity contribution in [2.45, 2.75) is 12.8 Å². The quantitative estimate of drug-likeness (QED) is 0.782. The van der Waals surface area contributed by atoms with Gasteiger partial charge >= 0.3 is 6.16 Å². The fourth-order valence-corrected chi connectivity index (χ4v) is 3.30. The monoisotopic (exact) mass is 246 g/mol. The number of carboxylic acid groups (broad SMARTS) is 1. The topological polar surface area (TPSA) is 46.5 Å².